The average molecular weight is 425 g/mol. The third-order valence-electron chi connectivity index (χ3n) is 5.90. The van der Waals surface area contributed by atoms with Gasteiger partial charge in [-0.05, 0) is 49.8 Å². The van der Waals surface area contributed by atoms with Crippen LogP contribution < -0.4 is 5.32 Å². The lowest BCUT2D eigenvalue weighted by atomic mass is 9.78. The first-order valence-electron chi connectivity index (χ1n) is 9.99. The summed E-state index contributed by atoms with van der Waals surface area (Å²) in [5, 5.41) is 3.00. The van der Waals surface area contributed by atoms with Crippen molar-refractivity contribution in [3.8, 4) is 0 Å². The van der Waals surface area contributed by atoms with Crippen LogP contribution in [0, 0.1) is 18.8 Å². The highest BCUT2D eigenvalue weighted by molar-refractivity contribution is 7.89. The smallest absolute Gasteiger partial charge is 0.339 e. The van der Waals surface area contributed by atoms with Crippen molar-refractivity contribution in [1.82, 2.24) is 9.62 Å². The predicted octanol–water partition coefficient (Wildman–Crippen LogP) is 2.73. The Bertz CT molecular complexity index is 866. The maximum absolute atomic E-state index is 12.6. The van der Waals surface area contributed by atoms with Crippen molar-refractivity contribution in [2.24, 2.45) is 11.8 Å². The molecule has 1 N–H and O–H groups in total. The molecular weight excluding hydrogens is 392 g/mol. The van der Waals surface area contributed by atoms with Crippen molar-refractivity contribution in [3.05, 3.63) is 29.3 Å². The third-order valence-corrected chi connectivity index (χ3v) is 7.71. The number of benzene rings is 1. The number of hydrogen-bond acceptors (Lipinski definition) is 5. The number of hydrogen-bond donors (Lipinski definition) is 1. The Balaban J connectivity index is 2.10. The van der Waals surface area contributed by atoms with Gasteiger partial charge in [-0.1, -0.05) is 32.8 Å². The van der Waals surface area contributed by atoms with Crippen molar-refractivity contribution in [2.45, 2.75) is 64.0 Å². The van der Waals surface area contributed by atoms with Gasteiger partial charge in [-0.3, -0.25) is 4.79 Å². The van der Waals surface area contributed by atoms with E-state index in [1.54, 1.807) is 13.0 Å². The summed E-state index contributed by atoms with van der Waals surface area (Å²) in [6, 6.07) is 4.37. The maximum Gasteiger partial charge on any atom is 0.339 e. The molecule has 0 saturated heterocycles. The normalized spacial score (nSPS) is 23.5. The molecule has 8 heteroatoms. The molecule has 0 heterocycles. The number of aryl methyl sites for hydroxylation is 1. The molecule has 0 aromatic heterocycles. The Morgan fingerprint density at radius 1 is 1.21 bits per heavy atom. The fourth-order valence-electron chi connectivity index (χ4n) is 3.56. The molecule has 0 aliphatic heterocycles. The Labute approximate surface area is 173 Å². The fraction of sp³-hybridized carbons (Fsp3) is 0.619. The first-order chi connectivity index (χ1) is 13.4. The minimum absolute atomic E-state index is 0.00201. The lowest BCUT2D eigenvalue weighted by Crippen LogP contribution is -2.47. The van der Waals surface area contributed by atoms with E-state index in [2.05, 4.69) is 19.2 Å². The van der Waals surface area contributed by atoms with Gasteiger partial charge in [0.1, 0.15) is 0 Å². The monoisotopic (exact) mass is 424 g/mol. The summed E-state index contributed by atoms with van der Waals surface area (Å²) < 4.78 is 31.1. The third kappa shape index (κ3) is 5.36. The van der Waals surface area contributed by atoms with Crippen LogP contribution in [0.1, 0.15) is 56.0 Å². The van der Waals surface area contributed by atoms with Gasteiger partial charge in [0.25, 0.3) is 5.91 Å². The molecule has 162 valence electrons. The van der Waals surface area contributed by atoms with Crippen LogP contribution in [0.15, 0.2) is 23.1 Å². The van der Waals surface area contributed by atoms with E-state index in [1.807, 2.05) is 0 Å². The number of amides is 1. The molecule has 1 saturated carbocycles. The number of nitrogens with one attached hydrogen (secondary N) is 1. The lowest BCUT2D eigenvalue weighted by Gasteiger charge is -2.35. The SMILES string of the molecule is Cc1ccc(S(=O)(=O)N(C)C)cc1C(=O)O[C@H](C)C(=O)N[C@@H]1CCC[C@H](C)[C@@H]1C. The summed E-state index contributed by atoms with van der Waals surface area (Å²) in [5.74, 6) is -0.147. The number of carbonyl (C=O) groups is 2. The van der Waals surface area contributed by atoms with Gasteiger partial charge in [0.15, 0.2) is 6.10 Å². The van der Waals surface area contributed by atoms with Crippen LogP contribution in [0.4, 0.5) is 0 Å². The van der Waals surface area contributed by atoms with Gasteiger partial charge in [-0.25, -0.2) is 17.5 Å². The maximum atomic E-state index is 12.6. The molecule has 2 rings (SSSR count). The Morgan fingerprint density at radius 2 is 1.86 bits per heavy atom. The van der Waals surface area contributed by atoms with Crippen LogP contribution >= 0.6 is 0 Å². The van der Waals surface area contributed by atoms with E-state index in [1.165, 1.54) is 33.2 Å². The molecule has 29 heavy (non-hydrogen) atoms. The van der Waals surface area contributed by atoms with Crippen LogP contribution in [0.3, 0.4) is 0 Å². The van der Waals surface area contributed by atoms with Gasteiger partial charge in [0, 0.05) is 20.1 Å². The molecule has 0 radical (unpaired) electrons. The molecule has 1 aromatic carbocycles. The zero-order valence-electron chi connectivity index (χ0n) is 18.1. The molecule has 7 nitrogen and oxygen atoms in total. The fourth-order valence-corrected chi connectivity index (χ4v) is 4.48. The average Bonchev–Trinajstić information content (AvgIpc) is 2.65. The van der Waals surface area contributed by atoms with Gasteiger partial charge in [-0.2, -0.15) is 0 Å². The Morgan fingerprint density at radius 3 is 2.48 bits per heavy atom. The van der Waals surface area contributed by atoms with E-state index in [9.17, 15) is 18.0 Å². The number of sulfonamides is 1. The highest BCUT2D eigenvalue weighted by atomic mass is 32.2. The van der Waals surface area contributed by atoms with Crippen LogP contribution in [0.25, 0.3) is 0 Å². The number of rotatable bonds is 6. The first kappa shape index (κ1) is 23.3. The summed E-state index contributed by atoms with van der Waals surface area (Å²) in [6.45, 7) is 7.54. The molecule has 0 spiro atoms. The summed E-state index contributed by atoms with van der Waals surface area (Å²) in [7, 11) is -0.832. The summed E-state index contributed by atoms with van der Waals surface area (Å²) in [5.41, 5.74) is 0.710. The van der Waals surface area contributed by atoms with Crippen molar-refractivity contribution in [3.63, 3.8) is 0 Å². The second-order valence-corrected chi connectivity index (χ2v) is 10.3. The lowest BCUT2D eigenvalue weighted by molar-refractivity contribution is -0.130. The van der Waals surface area contributed by atoms with Crippen molar-refractivity contribution >= 4 is 21.9 Å². The minimum atomic E-state index is -3.68. The molecular formula is C21H32N2O5S. The van der Waals surface area contributed by atoms with Crippen LogP contribution in [-0.4, -0.2) is 50.8 Å². The van der Waals surface area contributed by atoms with E-state index >= 15 is 0 Å². The van der Waals surface area contributed by atoms with E-state index in [0.29, 0.717) is 17.4 Å². The minimum Gasteiger partial charge on any atom is -0.449 e. The van der Waals surface area contributed by atoms with Crippen molar-refractivity contribution in [2.75, 3.05) is 14.1 Å². The first-order valence-corrected chi connectivity index (χ1v) is 11.4. The van der Waals surface area contributed by atoms with Gasteiger partial charge < -0.3 is 10.1 Å². The van der Waals surface area contributed by atoms with Crippen LogP contribution in [0.5, 0.6) is 0 Å². The number of ether oxygens (including phenoxy) is 1. The predicted molar refractivity (Wildman–Crippen MR) is 111 cm³/mol. The number of nitrogens with zero attached hydrogens (tertiary/aromatic N) is 1. The molecule has 4 atom stereocenters. The zero-order chi connectivity index (χ0) is 21.9. The molecule has 1 fully saturated rings. The molecule has 0 unspecified atom stereocenters. The second kappa shape index (κ2) is 9.26. The Hall–Kier alpha value is -1.93. The quantitative estimate of drug-likeness (QED) is 0.709. The summed E-state index contributed by atoms with van der Waals surface area (Å²) in [6.07, 6.45) is 2.17. The van der Waals surface area contributed by atoms with Crippen molar-refractivity contribution < 1.29 is 22.7 Å². The van der Waals surface area contributed by atoms with E-state index in [4.69, 9.17) is 4.74 Å². The molecule has 1 amide bonds. The van der Waals surface area contributed by atoms with Crippen LogP contribution in [0.2, 0.25) is 0 Å². The Kier molecular flexibility index (Phi) is 7.45. The van der Waals surface area contributed by atoms with E-state index in [-0.39, 0.29) is 22.4 Å². The van der Waals surface area contributed by atoms with Gasteiger partial charge in [-0.15, -0.1) is 0 Å². The largest absolute Gasteiger partial charge is 0.449 e. The van der Waals surface area contributed by atoms with Crippen molar-refractivity contribution in [1.29, 1.82) is 0 Å². The topological polar surface area (TPSA) is 92.8 Å². The second-order valence-electron chi connectivity index (χ2n) is 8.19. The molecule has 0 bridgehead atoms. The van der Waals surface area contributed by atoms with Gasteiger partial charge >= 0.3 is 5.97 Å². The summed E-state index contributed by atoms with van der Waals surface area (Å²) >= 11 is 0. The van der Waals surface area contributed by atoms with Crippen LogP contribution in [-0.2, 0) is 19.6 Å². The van der Waals surface area contributed by atoms with Gasteiger partial charge in [0.05, 0.1) is 10.5 Å². The molecule has 1 aliphatic carbocycles. The van der Waals surface area contributed by atoms with Gasteiger partial charge in [0.2, 0.25) is 10.0 Å². The zero-order valence-corrected chi connectivity index (χ0v) is 18.9. The highest BCUT2D eigenvalue weighted by Crippen LogP contribution is 2.29. The summed E-state index contributed by atoms with van der Waals surface area (Å²) in [4.78, 5) is 25.2. The number of carbonyl (C=O) groups excluding carboxylic acids is 2. The van der Waals surface area contributed by atoms with E-state index in [0.717, 1.165) is 23.6 Å². The van der Waals surface area contributed by atoms with E-state index < -0.39 is 22.1 Å². The standard InChI is InChI=1S/C21H32N2O5S/c1-13-8-7-9-19(15(13)3)22-20(24)16(4)28-21(25)18-12-17(11-10-14(18)2)29(26,27)23(5)6/h10-13,15-16,19H,7-9H2,1-6H3,(H,22,24)/t13-,15-,16+,19+/m0/s1. The highest BCUT2D eigenvalue weighted by Gasteiger charge is 2.30. The number of esters is 1. The molecule has 1 aliphatic rings. The molecule has 1 aromatic rings.